The van der Waals surface area contributed by atoms with E-state index in [9.17, 15) is 13.2 Å². The van der Waals surface area contributed by atoms with Gasteiger partial charge in [0.15, 0.2) is 0 Å². The number of carbonyl (C=O) groups excluding carboxylic acids is 1. The van der Waals surface area contributed by atoms with Gasteiger partial charge >= 0.3 is 0 Å². The van der Waals surface area contributed by atoms with Crippen molar-refractivity contribution in [3.63, 3.8) is 0 Å². The average Bonchev–Trinajstić information content (AvgIpc) is 2.99. The van der Waals surface area contributed by atoms with Gasteiger partial charge in [-0.25, -0.2) is 0 Å². The van der Waals surface area contributed by atoms with Crippen molar-refractivity contribution in [1.29, 1.82) is 0 Å². The van der Waals surface area contributed by atoms with Crippen molar-refractivity contribution >= 4 is 32.5 Å². The molecule has 0 atom stereocenters. The molecule has 0 fully saturated rings. The standard InChI is InChI=1S/C15H15NO4S.C11H25N/c17-15-12-7-3-5-11-6-4-8-13(14(11)12)16(15)9-1-2-10-21(18,19)20;1-8(2)11(7-12,9(3)4)10(5)6/h3-8H,1-2,9-10H2,(H,18,19,20);8-10H,7,12H2,1-6H3. The van der Waals surface area contributed by atoms with Gasteiger partial charge in [0.05, 0.1) is 11.4 Å². The first-order chi connectivity index (χ1) is 15.4. The molecule has 1 heterocycles. The minimum Gasteiger partial charge on any atom is -0.330 e. The third-order valence-corrected chi connectivity index (χ3v) is 8.07. The van der Waals surface area contributed by atoms with Crippen molar-refractivity contribution < 1.29 is 17.8 Å². The molecule has 0 saturated heterocycles. The molecule has 0 saturated carbocycles. The quantitative estimate of drug-likeness (QED) is 0.374. The van der Waals surface area contributed by atoms with Gasteiger partial charge in [-0.2, -0.15) is 8.42 Å². The molecule has 0 spiro atoms. The fourth-order valence-electron chi connectivity index (χ4n) is 5.46. The number of nitrogens with zero attached hydrogens (tertiary/aromatic N) is 1. The molecule has 1 aliphatic heterocycles. The summed E-state index contributed by atoms with van der Waals surface area (Å²) in [5.74, 6) is 1.69. The van der Waals surface area contributed by atoms with E-state index in [1.807, 2.05) is 36.4 Å². The van der Waals surface area contributed by atoms with Gasteiger partial charge in [-0.3, -0.25) is 9.35 Å². The molecule has 3 N–H and O–H groups in total. The summed E-state index contributed by atoms with van der Waals surface area (Å²) in [6, 6.07) is 11.4. The van der Waals surface area contributed by atoms with Crippen LogP contribution < -0.4 is 10.6 Å². The molecule has 1 aliphatic rings. The Balaban J connectivity index is 0.000000277. The van der Waals surface area contributed by atoms with Crippen LogP contribution in [0.5, 0.6) is 0 Å². The van der Waals surface area contributed by atoms with Crippen LogP contribution in [-0.2, 0) is 10.1 Å². The van der Waals surface area contributed by atoms with E-state index in [-0.39, 0.29) is 11.7 Å². The largest absolute Gasteiger partial charge is 0.330 e. The summed E-state index contributed by atoms with van der Waals surface area (Å²) in [7, 11) is -3.93. The van der Waals surface area contributed by atoms with Gasteiger partial charge in [0.25, 0.3) is 16.0 Å². The number of hydrogen-bond acceptors (Lipinski definition) is 4. The highest BCUT2D eigenvalue weighted by molar-refractivity contribution is 7.85. The van der Waals surface area contributed by atoms with Crippen molar-refractivity contribution in [2.75, 3.05) is 23.7 Å². The zero-order chi connectivity index (χ0) is 25.0. The maximum Gasteiger partial charge on any atom is 0.264 e. The first-order valence-electron chi connectivity index (χ1n) is 11.9. The van der Waals surface area contributed by atoms with Crippen LogP contribution in [0.3, 0.4) is 0 Å². The molecule has 1 amide bonds. The molecule has 0 unspecified atom stereocenters. The van der Waals surface area contributed by atoms with Crippen LogP contribution in [0.15, 0.2) is 36.4 Å². The molecule has 2 aromatic carbocycles. The molecular formula is C26H40N2O4S. The van der Waals surface area contributed by atoms with Crippen molar-refractivity contribution in [2.24, 2.45) is 28.9 Å². The second-order valence-electron chi connectivity index (χ2n) is 9.91. The minimum absolute atomic E-state index is 0.0475. The molecule has 2 aromatic rings. The zero-order valence-electron chi connectivity index (χ0n) is 20.8. The number of amides is 1. The van der Waals surface area contributed by atoms with E-state index < -0.39 is 10.1 Å². The van der Waals surface area contributed by atoms with E-state index in [0.717, 1.165) is 23.0 Å². The van der Waals surface area contributed by atoms with E-state index in [2.05, 4.69) is 41.5 Å². The molecule has 0 radical (unpaired) electrons. The van der Waals surface area contributed by atoms with Gasteiger partial charge in [0.2, 0.25) is 0 Å². The lowest BCUT2D eigenvalue weighted by atomic mass is 9.62. The van der Waals surface area contributed by atoms with E-state index in [0.29, 0.717) is 48.1 Å². The van der Waals surface area contributed by atoms with Crippen LogP contribution in [0, 0.1) is 23.2 Å². The van der Waals surface area contributed by atoms with Crippen LogP contribution in [0.1, 0.15) is 64.7 Å². The maximum atomic E-state index is 12.4. The van der Waals surface area contributed by atoms with Crippen molar-refractivity contribution in [2.45, 2.75) is 54.4 Å². The molecule has 184 valence electrons. The maximum absolute atomic E-state index is 12.4. The lowest BCUT2D eigenvalue weighted by molar-refractivity contribution is 0.0602. The van der Waals surface area contributed by atoms with Crippen LogP contribution in [0.4, 0.5) is 5.69 Å². The van der Waals surface area contributed by atoms with Gasteiger partial charge in [-0.15, -0.1) is 0 Å². The van der Waals surface area contributed by atoms with E-state index in [1.54, 1.807) is 4.90 Å². The summed E-state index contributed by atoms with van der Waals surface area (Å²) in [5, 5.41) is 1.98. The fraction of sp³-hybridized carbons (Fsp3) is 0.577. The molecule has 6 nitrogen and oxygen atoms in total. The Bertz CT molecular complexity index is 1030. The topological polar surface area (TPSA) is 101 Å². The third-order valence-electron chi connectivity index (χ3n) is 7.26. The molecule has 3 rings (SSSR count). The Hall–Kier alpha value is -1.96. The van der Waals surface area contributed by atoms with Crippen LogP contribution in [-0.4, -0.2) is 37.7 Å². The monoisotopic (exact) mass is 476 g/mol. The third kappa shape index (κ3) is 5.94. The van der Waals surface area contributed by atoms with E-state index >= 15 is 0 Å². The summed E-state index contributed by atoms with van der Waals surface area (Å²) < 4.78 is 30.1. The zero-order valence-corrected chi connectivity index (χ0v) is 21.7. The SMILES string of the molecule is CC(C)C(CN)(C(C)C)C(C)C.O=C1c2cccc3cccc(c23)N1CCCCS(=O)(=O)O. The minimum atomic E-state index is -3.93. The van der Waals surface area contributed by atoms with Crippen LogP contribution >= 0.6 is 0 Å². The second kappa shape index (κ2) is 11.0. The Morgan fingerprint density at radius 1 is 0.939 bits per heavy atom. The second-order valence-corrected chi connectivity index (χ2v) is 11.5. The Morgan fingerprint density at radius 2 is 1.48 bits per heavy atom. The first kappa shape index (κ1) is 27.3. The van der Waals surface area contributed by atoms with Gasteiger partial charge in [0, 0.05) is 17.5 Å². The lowest BCUT2D eigenvalue weighted by Gasteiger charge is -2.44. The number of anilines is 1. The average molecular weight is 477 g/mol. The summed E-state index contributed by atoms with van der Waals surface area (Å²) >= 11 is 0. The van der Waals surface area contributed by atoms with E-state index in [4.69, 9.17) is 10.3 Å². The molecule has 0 bridgehead atoms. The molecular weight excluding hydrogens is 436 g/mol. The van der Waals surface area contributed by atoms with Gasteiger partial charge in [-0.1, -0.05) is 65.8 Å². The highest BCUT2D eigenvalue weighted by Gasteiger charge is 2.38. The number of carbonyl (C=O) groups is 1. The molecule has 33 heavy (non-hydrogen) atoms. The molecule has 7 heteroatoms. The van der Waals surface area contributed by atoms with Crippen LogP contribution in [0.2, 0.25) is 0 Å². The smallest absolute Gasteiger partial charge is 0.264 e. The number of unbranched alkanes of at least 4 members (excludes halogenated alkanes) is 1. The predicted molar refractivity (Wildman–Crippen MR) is 137 cm³/mol. The number of hydrogen-bond donors (Lipinski definition) is 2. The summed E-state index contributed by atoms with van der Waals surface area (Å²) in [5.41, 5.74) is 7.80. The number of rotatable bonds is 9. The van der Waals surface area contributed by atoms with Crippen molar-refractivity contribution in [1.82, 2.24) is 0 Å². The molecule has 0 aliphatic carbocycles. The molecule has 0 aromatic heterocycles. The Kier molecular flexibility index (Phi) is 9.08. The van der Waals surface area contributed by atoms with Gasteiger partial charge < -0.3 is 10.6 Å². The van der Waals surface area contributed by atoms with Crippen LogP contribution in [0.25, 0.3) is 10.8 Å². The Morgan fingerprint density at radius 3 is 1.94 bits per heavy atom. The van der Waals surface area contributed by atoms with Crippen molar-refractivity contribution in [3.8, 4) is 0 Å². The number of benzene rings is 2. The van der Waals surface area contributed by atoms with Gasteiger partial charge in [-0.05, 0) is 60.1 Å². The summed E-state index contributed by atoms with van der Waals surface area (Å²) in [4.78, 5) is 14.1. The highest BCUT2D eigenvalue weighted by atomic mass is 32.2. The first-order valence-corrected chi connectivity index (χ1v) is 13.5. The normalized spacial score (nSPS) is 13.9. The fourth-order valence-corrected chi connectivity index (χ4v) is 6.03. The Labute approximate surface area is 199 Å². The summed E-state index contributed by atoms with van der Waals surface area (Å²) in [6.45, 7) is 15.0. The van der Waals surface area contributed by atoms with Crippen molar-refractivity contribution in [3.05, 3.63) is 42.0 Å². The van der Waals surface area contributed by atoms with E-state index in [1.165, 1.54) is 0 Å². The summed E-state index contributed by atoms with van der Waals surface area (Å²) in [6.07, 6.45) is 0.852. The van der Waals surface area contributed by atoms with Gasteiger partial charge in [0.1, 0.15) is 0 Å². The lowest BCUT2D eigenvalue weighted by Crippen LogP contribution is -2.44. The number of nitrogens with two attached hydrogens (primary N) is 1. The predicted octanol–water partition coefficient (Wildman–Crippen LogP) is 5.37. The highest BCUT2D eigenvalue weighted by Crippen LogP contribution is 2.41.